The van der Waals surface area contributed by atoms with E-state index in [1.54, 1.807) is 27.7 Å². The second kappa shape index (κ2) is 6.02. The molecular formula is C17H18BF4NO3. The molecule has 3 rings (SSSR count). The molecule has 0 amide bonds. The van der Waals surface area contributed by atoms with Gasteiger partial charge < -0.3 is 19.8 Å². The Morgan fingerprint density at radius 1 is 1.04 bits per heavy atom. The zero-order valence-corrected chi connectivity index (χ0v) is 14.7. The highest BCUT2D eigenvalue weighted by Crippen LogP contribution is 2.39. The number of nitrogen functional groups attached to an aromatic ring is 1. The standard InChI is InChI=1S/C17H18BF4NO3/c1-16(2)17(3,4)26-18(25-16)10-7-9(23)5-8-6-11(19)13(20)14(12(8)10)24-15(21)22/h5-7,15H,23H2,1-4H3. The van der Waals surface area contributed by atoms with Gasteiger partial charge in [-0.05, 0) is 56.7 Å². The third-order valence-electron chi connectivity index (χ3n) is 4.85. The first kappa shape index (κ1) is 18.8. The third-order valence-corrected chi connectivity index (χ3v) is 4.85. The van der Waals surface area contributed by atoms with Crippen LogP contribution in [0.1, 0.15) is 27.7 Å². The monoisotopic (exact) mass is 371 g/mol. The number of benzene rings is 2. The first-order valence-electron chi connectivity index (χ1n) is 7.94. The molecule has 4 nitrogen and oxygen atoms in total. The minimum absolute atomic E-state index is 0.0723. The van der Waals surface area contributed by atoms with E-state index in [1.165, 1.54) is 12.1 Å². The fourth-order valence-electron chi connectivity index (χ4n) is 2.86. The molecule has 2 N–H and O–H groups in total. The van der Waals surface area contributed by atoms with Gasteiger partial charge in [-0.15, -0.1) is 0 Å². The SMILES string of the molecule is CC1(C)OB(c2cc(N)cc3cc(F)c(F)c(OC(F)F)c23)OC1(C)C. The topological polar surface area (TPSA) is 53.7 Å². The average molecular weight is 371 g/mol. The molecule has 0 spiro atoms. The Morgan fingerprint density at radius 2 is 1.62 bits per heavy atom. The Bertz CT molecular complexity index is 857. The lowest BCUT2D eigenvalue weighted by molar-refractivity contribution is -0.0513. The van der Waals surface area contributed by atoms with Crippen LogP contribution in [0, 0.1) is 11.6 Å². The van der Waals surface area contributed by atoms with E-state index in [0.717, 1.165) is 6.07 Å². The summed E-state index contributed by atoms with van der Waals surface area (Å²) in [7, 11) is -1.02. The maximum absolute atomic E-state index is 14.2. The molecule has 2 aromatic carbocycles. The predicted octanol–water partition coefficient (Wildman–Crippen LogP) is 3.60. The first-order chi connectivity index (χ1) is 11.9. The fourth-order valence-corrected chi connectivity index (χ4v) is 2.86. The van der Waals surface area contributed by atoms with Gasteiger partial charge in [0.25, 0.3) is 0 Å². The predicted molar refractivity (Wildman–Crippen MR) is 90.6 cm³/mol. The van der Waals surface area contributed by atoms with Gasteiger partial charge >= 0.3 is 13.7 Å². The normalized spacial score (nSPS) is 18.7. The maximum atomic E-state index is 14.2. The van der Waals surface area contributed by atoms with Gasteiger partial charge in [-0.25, -0.2) is 4.39 Å². The van der Waals surface area contributed by atoms with Crippen LogP contribution in [0.15, 0.2) is 18.2 Å². The lowest BCUT2D eigenvalue weighted by Crippen LogP contribution is -2.41. The quantitative estimate of drug-likeness (QED) is 0.509. The summed E-state index contributed by atoms with van der Waals surface area (Å²) in [4.78, 5) is 0. The molecule has 0 saturated carbocycles. The highest BCUT2D eigenvalue weighted by Gasteiger charge is 2.52. The molecule has 9 heteroatoms. The van der Waals surface area contributed by atoms with Crippen molar-refractivity contribution in [1.29, 1.82) is 0 Å². The summed E-state index contributed by atoms with van der Waals surface area (Å²) in [6, 6.07) is 3.62. The summed E-state index contributed by atoms with van der Waals surface area (Å²) < 4.78 is 69.7. The average Bonchev–Trinajstić information content (AvgIpc) is 2.71. The van der Waals surface area contributed by atoms with Crippen LogP contribution >= 0.6 is 0 Å². The minimum Gasteiger partial charge on any atom is -0.431 e. The van der Waals surface area contributed by atoms with Gasteiger partial charge in [0.15, 0.2) is 11.6 Å². The van der Waals surface area contributed by atoms with Gasteiger partial charge in [-0.3, -0.25) is 0 Å². The number of hydrogen-bond acceptors (Lipinski definition) is 4. The second-order valence-corrected chi connectivity index (χ2v) is 7.18. The molecule has 1 aliphatic rings. The van der Waals surface area contributed by atoms with E-state index in [4.69, 9.17) is 15.0 Å². The van der Waals surface area contributed by atoms with Crippen molar-refractivity contribution >= 4 is 29.0 Å². The van der Waals surface area contributed by atoms with Gasteiger partial charge in [0.05, 0.1) is 11.2 Å². The van der Waals surface area contributed by atoms with Gasteiger partial charge in [-0.1, -0.05) is 0 Å². The highest BCUT2D eigenvalue weighted by atomic mass is 19.3. The van der Waals surface area contributed by atoms with Crippen LogP contribution in [0.5, 0.6) is 5.75 Å². The number of fused-ring (bicyclic) bond motifs is 1. The molecule has 0 radical (unpaired) electrons. The number of alkyl halides is 2. The van der Waals surface area contributed by atoms with Crippen LogP contribution in [0.4, 0.5) is 23.2 Å². The Labute approximate surface area is 148 Å². The largest absolute Gasteiger partial charge is 0.495 e. The summed E-state index contributed by atoms with van der Waals surface area (Å²) in [5.41, 5.74) is 4.81. The van der Waals surface area contributed by atoms with Crippen LogP contribution < -0.4 is 15.9 Å². The third kappa shape index (κ3) is 2.99. The Hall–Kier alpha value is -2.00. The molecule has 0 bridgehead atoms. The van der Waals surface area contributed by atoms with Crippen LogP contribution in [0.3, 0.4) is 0 Å². The summed E-state index contributed by atoms with van der Waals surface area (Å²) in [6.07, 6.45) is 0. The van der Waals surface area contributed by atoms with Crippen LogP contribution in [-0.2, 0) is 9.31 Å². The molecule has 26 heavy (non-hydrogen) atoms. The molecule has 1 heterocycles. The minimum atomic E-state index is -3.34. The van der Waals surface area contributed by atoms with Crippen molar-refractivity contribution in [3.05, 3.63) is 29.8 Å². The number of hydrogen-bond donors (Lipinski definition) is 1. The zero-order chi connectivity index (χ0) is 19.4. The lowest BCUT2D eigenvalue weighted by Gasteiger charge is -2.32. The summed E-state index contributed by atoms with van der Waals surface area (Å²) >= 11 is 0. The van der Waals surface area contributed by atoms with Crippen molar-refractivity contribution in [2.24, 2.45) is 0 Å². The second-order valence-electron chi connectivity index (χ2n) is 7.18. The highest BCUT2D eigenvalue weighted by molar-refractivity contribution is 6.65. The van der Waals surface area contributed by atoms with Crippen LogP contribution in [0.25, 0.3) is 10.8 Å². The fraction of sp³-hybridized carbons (Fsp3) is 0.412. The van der Waals surface area contributed by atoms with Crippen LogP contribution in [0.2, 0.25) is 0 Å². The number of nitrogens with two attached hydrogens (primary N) is 1. The van der Waals surface area contributed by atoms with Gasteiger partial charge in [-0.2, -0.15) is 13.2 Å². The molecule has 1 aliphatic heterocycles. The smallest absolute Gasteiger partial charge is 0.431 e. The molecule has 0 aromatic heterocycles. The van der Waals surface area contributed by atoms with E-state index in [-0.39, 0.29) is 21.9 Å². The number of ether oxygens (including phenoxy) is 1. The molecule has 1 fully saturated rings. The molecule has 0 aliphatic carbocycles. The van der Waals surface area contributed by atoms with Gasteiger partial charge in [0.1, 0.15) is 0 Å². The molecular weight excluding hydrogens is 353 g/mol. The lowest BCUT2D eigenvalue weighted by atomic mass is 9.75. The molecule has 0 unspecified atom stereocenters. The van der Waals surface area contributed by atoms with Gasteiger partial charge in [0.2, 0.25) is 5.82 Å². The van der Waals surface area contributed by atoms with Crippen molar-refractivity contribution in [1.82, 2.24) is 0 Å². The maximum Gasteiger partial charge on any atom is 0.495 e. The van der Waals surface area contributed by atoms with Crippen molar-refractivity contribution in [2.75, 3.05) is 5.73 Å². The van der Waals surface area contributed by atoms with Crippen molar-refractivity contribution < 1.29 is 31.6 Å². The molecule has 140 valence electrons. The number of anilines is 1. The summed E-state index contributed by atoms with van der Waals surface area (Å²) in [6.45, 7) is 3.88. The molecule has 1 saturated heterocycles. The van der Waals surface area contributed by atoms with E-state index < -0.39 is 42.3 Å². The molecule has 2 aromatic rings. The summed E-state index contributed by atoms with van der Waals surface area (Å²) in [5.74, 6) is -3.74. The van der Waals surface area contributed by atoms with Crippen molar-refractivity contribution in [3.63, 3.8) is 0 Å². The van der Waals surface area contributed by atoms with Crippen molar-refractivity contribution in [2.45, 2.75) is 45.5 Å². The number of halogens is 4. The van der Waals surface area contributed by atoms with Crippen molar-refractivity contribution in [3.8, 4) is 5.75 Å². The van der Waals surface area contributed by atoms with Crippen LogP contribution in [-0.4, -0.2) is 24.9 Å². The number of rotatable bonds is 3. The Kier molecular flexibility index (Phi) is 4.35. The van der Waals surface area contributed by atoms with E-state index in [0.29, 0.717) is 0 Å². The van der Waals surface area contributed by atoms with E-state index >= 15 is 0 Å². The van der Waals surface area contributed by atoms with E-state index in [9.17, 15) is 17.6 Å². The molecule has 0 atom stereocenters. The zero-order valence-electron chi connectivity index (χ0n) is 14.7. The first-order valence-corrected chi connectivity index (χ1v) is 7.94. The van der Waals surface area contributed by atoms with E-state index in [2.05, 4.69) is 4.74 Å². The van der Waals surface area contributed by atoms with Gasteiger partial charge in [0, 0.05) is 11.1 Å². The Balaban J connectivity index is 2.27. The summed E-state index contributed by atoms with van der Waals surface area (Å²) in [5, 5.41) is 0.0289. The Morgan fingerprint density at radius 3 is 2.15 bits per heavy atom. The van der Waals surface area contributed by atoms with E-state index in [1.807, 2.05) is 0 Å².